The third-order valence-electron chi connectivity index (χ3n) is 4.83. The fraction of sp³-hybridized carbons (Fsp3) is 0.292. The van der Waals surface area contributed by atoms with Gasteiger partial charge in [-0.2, -0.15) is 0 Å². The summed E-state index contributed by atoms with van der Waals surface area (Å²) in [6, 6.07) is 9.54. The minimum absolute atomic E-state index is 0.0244. The first-order valence-corrected chi connectivity index (χ1v) is 10.5. The van der Waals surface area contributed by atoms with Crippen molar-refractivity contribution in [3.05, 3.63) is 65.4 Å². The fourth-order valence-electron chi connectivity index (χ4n) is 3.35. The van der Waals surface area contributed by atoms with Gasteiger partial charge in [-0.3, -0.25) is 19.3 Å². The van der Waals surface area contributed by atoms with E-state index in [9.17, 15) is 23.2 Å². The van der Waals surface area contributed by atoms with Crippen LogP contribution in [0.4, 0.5) is 20.2 Å². The lowest BCUT2D eigenvalue weighted by molar-refractivity contribution is -0.137. The molecule has 3 amide bonds. The highest BCUT2D eigenvalue weighted by molar-refractivity contribution is 6.36. The number of halogens is 2. The topological polar surface area (TPSA) is 87.7 Å². The van der Waals surface area contributed by atoms with Crippen LogP contribution in [0.15, 0.2) is 48.2 Å². The second kappa shape index (κ2) is 10.4. The Hall–Kier alpha value is -3.59. The molecule has 3 rings (SSSR count). The van der Waals surface area contributed by atoms with Gasteiger partial charge in [-0.15, -0.1) is 0 Å². The molecule has 1 aliphatic rings. The Morgan fingerprint density at radius 2 is 1.67 bits per heavy atom. The molecule has 0 bridgehead atoms. The third-order valence-corrected chi connectivity index (χ3v) is 4.83. The van der Waals surface area contributed by atoms with Gasteiger partial charge in [-0.05, 0) is 50.1 Å². The zero-order valence-electron chi connectivity index (χ0n) is 18.6. The first kappa shape index (κ1) is 24.1. The van der Waals surface area contributed by atoms with Crippen molar-refractivity contribution < 1.29 is 27.9 Å². The molecule has 0 spiro atoms. The zero-order valence-corrected chi connectivity index (χ0v) is 18.6. The highest BCUT2D eigenvalue weighted by atomic mass is 19.2. The maximum atomic E-state index is 13.7. The highest BCUT2D eigenvalue weighted by Crippen LogP contribution is 2.31. The molecule has 7 nitrogen and oxygen atoms in total. The maximum absolute atomic E-state index is 13.7. The Kier molecular flexibility index (Phi) is 7.55. The molecule has 33 heavy (non-hydrogen) atoms. The van der Waals surface area contributed by atoms with E-state index in [1.165, 1.54) is 13.0 Å². The Labute approximate surface area is 190 Å². The first-order chi connectivity index (χ1) is 15.7. The normalized spacial score (nSPS) is 13.8. The van der Waals surface area contributed by atoms with Crippen LogP contribution >= 0.6 is 0 Å². The van der Waals surface area contributed by atoms with E-state index in [1.807, 2.05) is 13.8 Å². The van der Waals surface area contributed by atoms with E-state index in [1.54, 1.807) is 24.3 Å². The average Bonchev–Trinajstić information content (AvgIpc) is 2.98. The van der Waals surface area contributed by atoms with Gasteiger partial charge in [0.05, 0.1) is 11.7 Å². The molecule has 0 saturated heterocycles. The molecule has 174 valence electrons. The van der Waals surface area contributed by atoms with Crippen LogP contribution in [0.2, 0.25) is 0 Å². The molecule has 9 heteroatoms. The number of hydrogen-bond acceptors (Lipinski definition) is 5. The summed E-state index contributed by atoms with van der Waals surface area (Å²) in [5, 5.41) is 5.42. The van der Waals surface area contributed by atoms with Gasteiger partial charge in [-0.25, -0.2) is 8.78 Å². The zero-order chi connectivity index (χ0) is 24.1. The van der Waals surface area contributed by atoms with Gasteiger partial charge in [0.15, 0.2) is 11.6 Å². The molecule has 0 fully saturated rings. The Morgan fingerprint density at radius 3 is 2.27 bits per heavy atom. The number of nitrogens with one attached hydrogen (secondary N) is 2. The second-order valence-corrected chi connectivity index (χ2v) is 7.80. The molecule has 1 heterocycles. The lowest BCUT2D eigenvalue weighted by Crippen LogP contribution is -2.34. The Bertz CT molecular complexity index is 1100. The number of carbonyl (C=O) groups is 3. The van der Waals surface area contributed by atoms with Gasteiger partial charge < -0.3 is 15.4 Å². The summed E-state index contributed by atoms with van der Waals surface area (Å²) >= 11 is 0. The second-order valence-electron chi connectivity index (χ2n) is 7.80. The lowest BCUT2D eigenvalue weighted by atomic mass is 10.0. The third kappa shape index (κ3) is 5.81. The van der Waals surface area contributed by atoms with E-state index in [4.69, 9.17) is 4.74 Å². The molecule has 0 atom stereocenters. The molecule has 2 N–H and O–H groups in total. The predicted octanol–water partition coefficient (Wildman–Crippen LogP) is 3.93. The molecule has 0 aliphatic carbocycles. The minimum atomic E-state index is -1.08. The molecule has 0 aromatic heterocycles. The smallest absolute Gasteiger partial charge is 0.278 e. The van der Waals surface area contributed by atoms with Crippen molar-refractivity contribution in [1.82, 2.24) is 4.90 Å². The SMILES string of the molecule is CC(=O)Nc1ccc(C2=C(Nc3ccc(F)c(F)c3)C(=O)N(CCCOC(C)C)C2=O)cc1. The van der Waals surface area contributed by atoms with Crippen molar-refractivity contribution in [1.29, 1.82) is 0 Å². The van der Waals surface area contributed by atoms with Gasteiger partial charge in [0.1, 0.15) is 5.70 Å². The molecule has 1 aliphatic heterocycles. The van der Waals surface area contributed by atoms with Crippen LogP contribution in [0.1, 0.15) is 32.8 Å². The number of benzene rings is 2. The molecule has 0 unspecified atom stereocenters. The molecule has 2 aromatic carbocycles. The number of imide groups is 1. The number of ether oxygens (including phenoxy) is 1. The van der Waals surface area contributed by atoms with Crippen LogP contribution in [-0.2, 0) is 19.1 Å². The summed E-state index contributed by atoms with van der Waals surface area (Å²) < 4.78 is 32.5. The van der Waals surface area contributed by atoms with Crippen LogP contribution in [0.5, 0.6) is 0 Å². The van der Waals surface area contributed by atoms with Crippen molar-refractivity contribution in [2.45, 2.75) is 33.3 Å². The lowest BCUT2D eigenvalue weighted by Gasteiger charge is -2.16. The quantitative estimate of drug-likeness (QED) is 0.440. The number of carbonyl (C=O) groups excluding carboxylic acids is 3. The van der Waals surface area contributed by atoms with Crippen molar-refractivity contribution in [2.75, 3.05) is 23.8 Å². The minimum Gasteiger partial charge on any atom is -0.379 e. The van der Waals surface area contributed by atoms with E-state index in [-0.39, 0.29) is 35.5 Å². The fourth-order valence-corrected chi connectivity index (χ4v) is 3.35. The average molecular weight is 457 g/mol. The van der Waals surface area contributed by atoms with Crippen molar-refractivity contribution in [3.63, 3.8) is 0 Å². The summed E-state index contributed by atoms with van der Waals surface area (Å²) in [5.74, 6) is -3.44. The predicted molar refractivity (Wildman–Crippen MR) is 120 cm³/mol. The largest absolute Gasteiger partial charge is 0.379 e. The van der Waals surface area contributed by atoms with Crippen LogP contribution in [-0.4, -0.2) is 41.9 Å². The molecule has 0 saturated carbocycles. The van der Waals surface area contributed by atoms with Gasteiger partial charge >= 0.3 is 0 Å². The summed E-state index contributed by atoms with van der Waals surface area (Å²) in [7, 11) is 0. The van der Waals surface area contributed by atoms with Crippen molar-refractivity contribution in [2.24, 2.45) is 0 Å². The molecule has 0 radical (unpaired) electrons. The first-order valence-electron chi connectivity index (χ1n) is 10.5. The van der Waals surface area contributed by atoms with Crippen LogP contribution in [0.3, 0.4) is 0 Å². The van der Waals surface area contributed by atoms with E-state index in [2.05, 4.69) is 10.6 Å². The summed E-state index contributed by atoms with van der Waals surface area (Å²) in [4.78, 5) is 38.7. The number of nitrogens with zero attached hydrogens (tertiary/aromatic N) is 1. The molecule has 2 aromatic rings. The monoisotopic (exact) mass is 457 g/mol. The highest BCUT2D eigenvalue weighted by Gasteiger charge is 2.39. The van der Waals surface area contributed by atoms with Gasteiger partial charge in [0.2, 0.25) is 5.91 Å². The van der Waals surface area contributed by atoms with E-state index >= 15 is 0 Å². The summed E-state index contributed by atoms with van der Waals surface area (Å²) in [6.45, 7) is 5.67. The number of rotatable bonds is 9. The van der Waals surface area contributed by atoms with Gasteiger partial charge in [0.25, 0.3) is 11.8 Å². The number of hydrogen-bond donors (Lipinski definition) is 2. The number of amides is 3. The Balaban J connectivity index is 1.92. The van der Waals surface area contributed by atoms with E-state index in [0.717, 1.165) is 17.0 Å². The van der Waals surface area contributed by atoms with E-state index in [0.29, 0.717) is 24.3 Å². The summed E-state index contributed by atoms with van der Waals surface area (Å²) in [6.07, 6.45) is 0.472. The van der Waals surface area contributed by atoms with Crippen LogP contribution in [0, 0.1) is 11.6 Å². The Morgan fingerprint density at radius 1 is 1.00 bits per heavy atom. The standard InChI is InChI=1S/C24H25F2N3O4/c1-14(2)33-12-4-11-29-23(31)21(16-5-7-17(8-6-16)27-15(3)30)22(24(29)32)28-18-9-10-19(25)20(26)13-18/h5-10,13-14,28H,4,11-12H2,1-3H3,(H,27,30). The number of anilines is 2. The van der Waals surface area contributed by atoms with Gasteiger partial charge in [0, 0.05) is 37.5 Å². The van der Waals surface area contributed by atoms with E-state index < -0.39 is 23.4 Å². The van der Waals surface area contributed by atoms with Crippen molar-refractivity contribution >= 4 is 34.7 Å². The summed E-state index contributed by atoms with van der Waals surface area (Å²) in [5.41, 5.74) is 1.16. The molecular weight excluding hydrogens is 432 g/mol. The van der Waals surface area contributed by atoms with Gasteiger partial charge in [-0.1, -0.05) is 12.1 Å². The maximum Gasteiger partial charge on any atom is 0.278 e. The van der Waals surface area contributed by atoms with Crippen LogP contribution < -0.4 is 10.6 Å². The molecular formula is C24H25F2N3O4. The van der Waals surface area contributed by atoms with Crippen molar-refractivity contribution in [3.8, 4) is 0 Å². The van der Waals surface area contributed by atoms with Crippen LogP contribution in [0.25, 0.3) is 5.57 Å².